The van der Waals surface area contributed by atoms with E-state index in [2.05, 4.69) is 74.0 Å². The average Bonchev–Trinajstić information content (AvgIpc) is 2.81. The standard InChI is InChI=1S/C17H20BrNS/c1-11(2)14-6-5-7-15(12(3)4)17(14)19-10-13-8-9-16(18)20-13/h5-12H,1-4H3. The van der Waals surface area contributed by atoms with Crippen LogP contribution >= 0.6 is 27.3 Å². The van der Waals surface area contributed by atoms with Crippen molar-refractivity contribution in [3.05, 3.63) is 50.1 Å². The lowest BCUT2D eigenvalue weighted by Gasteiger charge is -2.16. The van der Waals surface area contributed by atoms with Gasteiger partial charge in [0.2, 0.25) is 0 Å². The minimum atomic E-state index is 0.482. The minimum absolute atomic E-state index is 0.482. The number of aliphatic imine (C=N–C) groups is 1. The van der Waals surface area contributed by atoms with E-state index in [0.29, 0.717) is 11.8 Å². The Morgan fingerprint density at radius 3 is 2.05 bits per heavy atom. The second-order valence-corrected chi connectivity index (χ2v) is 7.99. The first-order valence-corrected chi connectivity index (χ1v) is 8.52. The molecule has 0 spiro atoms. The second-order valence-electron chi connectivity index (χ2n) is 5.49. The van der Waals surface area contributed by atoms with Crippen molar-refractivity contribution in [2.75, 3.05) is 0 Å². The van der Waals surface area contributed by atoms with Gasteiger partial charge in [-0.05, 0) is 51.0 Å². The monoisotopic (exact) mass is 349 g/mol. The van der Waals surface area contributed by atoms with Crippen LogP contribution in [0, 0.1) is 0 Å². The molecule has 0 saturated heterocycles. The minimum Gasteiger partial charge on any atom is -0.255 e. The fourth-order valence-electron chi connectivity index (χ4n) is 2.19. The van der Waals surface area contributed by atoms with Gasteiger partial charge in [0.15, 0.2) is 0 Å². The van der Waals surface area contributed by atoms with Crippen LogP contribution in [-0.4, -0.2) is 6.21 Å². The van der Waals surface area contributed by atoms with Gasteiger partial charge in [-0.3, -0.25) is 4.99 Å². The zero-order valence-corrected chi connectivity index (χ0v) is 14.8. The zero-order valence-electron chi connectivity index (χ0n) is 12.4. The van der Waals surface area contributed by atoms with Crippen LogP contribution in [0.3, 0.4) is 0 Å². The SMILES string of the molecule is CC(C)c1cccc(C(C)C)c1N=Cc1ccc(Br)s1. The first kappa shape index (κ1) is 15.5. The normalized spacial score (nSPS) is 11.9. The van der Waals surface area contributed by atoms with Crippen molar-refractivity contribution in [3.63, 3.8) is 0 Å². The third kappa shape index (κ3) is 3.58. The molecule has 0 aliphatic heterocycles. The lowest BCUT2D eigenvalue weighted by Crippen LogP contribution is -1.95. The maximum atomic E-state index is 4.80. The van der Waals surface area contributed by atoms with Crippen molar-refractivity contribution in [2.45, 2.75) is 39.5 Å². The second kappa shape index (κ2) is 6.68. The van der Waals surface area contributed by atoms with Gasteiger partial charge in [0.1, 0.15) is 0 Å². The lowest BCUT2D eigenvalue weighted by atomic mass is 9.93. The van der Waals surface area contributed by atoms with Gasteiger partial charge >= 0.3 is 0 Å². The molecule has 0 radical (unpaired) electrons. The van der Waals surface area contributed by atoms with Crippen molar-refractivity contribution in [2.24, 2.45) is 4.99 Å². The predicted octanol–water partition coefficient (Wildman–Crippen LogP) is 6.51. The molecule has 3 heteroatoms. The molecule has 0 bridgehead atoms. The summed E-state index contributed by atoms with van der Waals surface area (Å²) in [6, 6.07) is 10.7. The van der Waals surface area contributed by atoms with Crippen LogP contribution < -0.4 is 0 Å². The topological polar surface area (TPSA) is 12.4 Å². The summed E-state index contributed by atoms with van der Waals surface area (Å²) >= 11 is 5.19. The van der Waals surface area contributed by atoms with Crippen molar-refractivity contribution < 1.29 is 0 Å². The summed E-state index contributed by atoms with van der Waals surface area (Å²) in [7, 11) is 0. The predicted molar refractivity (Wildman–Crippen MR) is 93.9 cm³/mol. The lowest BCUT2D eigenvalue weighted by molar-refractivity contribution is 0.835. The molecule has 0 aliphatic carbocycles. The fourth-order valence-corrected chi connectivity index (χ4v) is 3.48. The van der Waals surface area contributed by atoms with E-state index in [4.69, 9.17) is 4.99 Å². The van der Waals surface area contributed by atoms with E-state index in [0.717, 1.165) is 9.47 Å². The number of halogens is 1. The van der Waals surface area contributed by atoms with Gasteiger partial charge < -0.3 is 0 Å². The van der Waals surface area contributed by atoms with Gasteiger partial charge in [-0.15, -0.1) is 11.3 Å². The van der Waals surface area contributed by atoms with Crippen molar-refractivity contribution >= 4 is 39.2 Å². The van der Waals surface area contributed by atoms with E-state index in [9.17, 15) is 0 Å². The quantitative estimate of drug-likeness (QED) is 0.558. The molecule has 0 amide bonds. The largest absolute Gasteiger partial charge is 0.255 e. The molecular weight excluding hydrogens is 330 g/mol. The molecule has 0 saturated carbocycles. The van der Waals surface area contributed by atoms with E-state index in [1.165, 1.54) is 16.0 Å². The molecule has 0 atom stereocenters. The summed E-state index contributed by atoms with van der Waals surface area (Å²) in [5.41, 5.74) is 3.79. The van der Waals surface area contributed by atoms with E-state index in [1.54, 1.807) is 11.3 Å². The zero-order chi connectivity index (χ0) is 14.7. The molecule has 0 aliphatic rings. The average molecular weight is 350 g/mol. The molecule has 20 heavy (non-hydrogen) atoms. The smallest absolute Gasteiger partial charge is 0.0705 e. The Bertz CT molecular complexity index is 585. The highest BCUT2D eigenvalue weighted by Crippen LogP contribution is 2.34. The van der Waals surface area contributed by atoms with Crippen molar-refractivity contribution in [3.8, 4) is 0 Å². The molecule has 2 aromatic rings. The number of hydrogen-bond donors (Lipinski definition) is 0. The number of hydrogen-bond acceptors (Lipinski definition) is 2. The van der Waals surface area contributed by atoms with Crippen LogP contribution in [0.15, 0.2) is 39.1 Å². The summed E-state index contributed by atoms with van der Waals surface area (Å²) < 4.78 is 1.14. The fraction of sp³-hybridized carbons (Fsp3) is 0.353. The maximum absolute atomic E-state index is 4.80. The number of rotatable bonds is 4. The molecule has 0 fully saturated rings. The molecule has 1 heterocycles. The molecule has 106 valence electrons. The molecule has 1 aromatic carbocycles. The number of thiophene rings is 1. The van der Waals surface area contributed by atoms with Gasteiger partial charge in [-0.2, -0.15) is 0 Å². The van der Waals surface area contributed by atoms with Gasteiger partial charge in [-0.25, -0.2) is 0 Å². The number of benzene rings is 1. The molecule has 1 nitrogen and oxygen atoms in total. The van der Waals surface area contributed by atoms with Crippen LogP contribution in [0.1, 0.15) is 55.5 Å². The molecule has 0 unspecified atom stereocenters. The van der Waals surface area contributed by atoms with E-state index >= 15 is 0 Å². The first-order chi connectivity index (χ1) is 9.49. The Morgan fingerprint density at radius 2 is 1.60 bits per heavy atom. The maximum Gasteiger partial charge on any atom is 0.0705 e. The van der Waals surface area contributed by atoms with Crippen LogP contribution in [-0.2, 0) is 0 Å². The summed E-state index contributed by atoms with van der Waals surface area (Å²) in [5.74, 6) is 0.965. The third-order valence-corrected chi connectivity index (χ3v) is 4.82. The van der Waals surface area contributed by atoms with Crippen LogP contribution in [0.2, 0.25) is 0 Å². The van der Waals surface area contributed by atoms with Crippen LogP contribution in [0.4, 0.5) is 5.69 Å². The van der Waals surface area contributed by atoms with E-state index in [-0.39, 0.29) is 0 Å². The Balaban J connectivity index is 2.45. The summed E-state index contributed by atoms with van der Waals surface area (Å²) in [6.45, 7) is 8.89. The highest BCUT2D eigenvalue weighted by Gasteiger charge is 2.12. The summed E-state index contributed by atoms with van der Waals surface area (Å²) in [4.78, 5) is 5.97. The Kier molecular flexibility index (Phi) is 5.17. The Labute approximate surface area is 133 Å². The highest BCUT2D eigenvalue weighted by molar-refractivity contribution is 9.11. The number of para-hydroxylation sites is 1. The molecule has 1 aromatic heterocycles. The number of nitrogens with zero attached hydrogens (tertiary/aromatic N) is 1. The Hall–Kier alpha value is -0.930. The first-order valence-electron chi connectivity index (χ1n) is 6.91. The van der Waals surface area contributed by atoms with E-state index in [1.807, 2.05) is 6.21 Å². The van der Waals surface area contributed by atoms with Gasteiger partial charge in [0.25, 0.3) is 0 Å². The molecule has 2 rings (SSSR count). The van der Waals surface area contributed by atoms with Gasteiger partial charge in [-0.1, -0.05) is 45.9 Å². The van der Waals surface area contributed by atoms with Crippen molar-refractivity contribution in [1.29, 1.82) is 0 Å². The highest BCUT2D eigenvalue weighted by atomic mass is 79.9. The Morgan fingerprint density at radius 1 is 1.00 bits per heavy atom. The van der Waals surface area contributed by atoms with Crippen LogP contribution in [0.5, 0.6) is 0 Å². The molecule has 0 N–H and O–H groups in total. The summed E-state index contributed by atoms with van der Waals surface area (Å²) in [5, 5.41) is 0. The summed E-state index contributed by atoms with van der Waals surface area (Å²) in [6.07, 6.45) is 1.97. The molecular formula is C17H20BrNS. The van der Waals surface area contributed by atoms with Gasteiger partial charge in [0.05, 0.1) is 9.47 Å². The third-order valence-electron chi connectivity index (χ3n) is 3.26. The van der Waals surface area contributed by atoms with Gasteiger partial charge in [0, 0.05) is 11.1 Å². The van der Waals surface area contributed by atoms with Crippen molar-refractivity contribution in [1.82, 2.24) is 0 Å². The van der Waals surface area contributed by atoms with Crippen LogP contribution in [0.25, 0.3) is 0 Å². The van der Waals surface area contributed by atoms with E-state index < -0.39 is 0 Å².